The van der Waals surface area contributed by atoms with Gasteiger partial charge in [-0.25, -0.2) is 4.98 Å². The molecule has 90 valence electrons. The van der Waals surface area contributed by atoms with Crippen LogP contribution in [-0.4, -0.2) is 29.2 Å². The smallest absolute Gasteiger partial charge is 0.423 e. The van der Waals surface area contributed by atoms with E-state index in [0.717, 1.165) is 16.7 Å². The first kappa shape index (κ1) is 13.5. The number of nitrogens with zero attached hydrogens (tertiary/aromatic N) is 1. The largest absolute Gasteiger partial charge is 0.488 e. The third kappa shape index (κ3) is 3.18. The van der Waals surface area contributed by atoms with Crippen LogP contribution >= 0.6 is 0 Å². The van der Waals surface area contributed by atoms with Crippen LogP contribution in [0, 0.1) is 0 Å². The summed E-state index contributed by atoms with van der Waals surface area (Å²) in [5.74, 6) is 0.757. The minimum absolute atomic E-state index is 0.447. The Hall–Kier alpha value is -1.59. The fourth-order valence-corrected chi connectivity index (χ4v) is 1.43. The van der Waals surface area contributed by atoms with Crippen molar-refractivity contribution in [2.45, 2.75) is 13.8 Å². The van der Waals surface area contributed by atoms with Crippen LogP contribution in [-0.2, 0) is 0 Å². The number of hydrogen-bond donors (Lipinski definition) is 3. The van der Waals surface area contributed by atoms with Gasteiger partial charge < -0.3 is 15.4 Å². The average Bonchev–Trinajstić information content (AvgIpc) is 2.39. The molecule has 0 aliphatic heterocycles. The lowest BCUT2D eigenvalue weighted by molar-refractivity contribution is 0.426. The van der Waals surface area contributed by atoms with Crippen molar-refractivity contribution in [3.63, 3.8) is 0 Å². The normalized spacial score (nSPS) is 9.47. The third-order valence-electron chi connectivity index (χ3n) is 2.27. The van der Waals surface area contributed by atoms with Gasteiger partial charge in [0.1, 0.15) is 5.82 Å². The molecule has 0 amide bonds. The van der Waals surface area contributed by atoms with Gasteiger partial charge in [0, 0.05) is 12.4 Å². The second-order valence-electron chi connectivity index (χ2n) is 3.27. The van der Waals surface area contributed by atoms with E-state index >= 15 is 0 Å². The van der Waals surface area contributed by atoms with Crippen LogP contribution < -0.4 is 10.8 Å². The Labute approximate surface area is 101 Å². The number of pyridine rings is 1. The average molecular weight is 232 g/mol. The molecule has 0 saturated heterocycles. The number of nitrogens with one attached hydrogen (secondary N) is 1. The van der Waals surface area contributed by atoms with Gasteiger partial charge in [-0.2, -0.15) is 0 Å². The molecule has 2 aromatic rings. The molecule has 5 heteroatoms. The van der Waals surface area contributed by atoms with Gasteiger partial charge in [-0.3, -0.25) is 0 Å². The fourth-order valence-electron chi connectivity index (χ4n) is 1.43. The van der Waals surface area contributed by atoms with E-state index in [4.69, 9.17) is 10.0 Å². The van der Waals surface area contributed by atoms with Gasteiger partial charge in [0.05, 0.1) is 5.52 Å². The van der Waals surface area contributed by atoms with E-state index in [-0.39, 0.29) is 0 Å². The number of aromatic nitrogens is 1. The van der Waals surface area contributed by atoms with Crippen molar-refractivity contribution in [3.8, 4) is 0 Å². The zero-order valence-corrected chi connectivity index (χ0v) is 10.3. The summed E-state index contributed by atoms with van der Waals surface area (Å²) in [5, 5.41) is 21.9. The Morgan fingerprint density at radius 1 is 1.12 bits per heavy atom. The predicted octanol–water partition coefficient (Wildman–Crippen LogP) is 0.982. The van der Waals surface area contributed by atoms with Crippen molar-refractivity contribution < 1.29 is 10.0 Å². The zero-order valence-electron chi connectivity index (χ0n) is 10.3. The molecule has 0 atom stereocenters. The summed E-state index contributed by atoms with van der Waals surface area (Å²) in [6, 6.07) is 8.96. The molecule has 0 saturated carbocycles. The molecule has 0 radical (unpaired) electrons. The molecule has 2 rings (SSSR count). The van der Waals surface area contributed by atoms with Gasteiger partial charge >= 0.3 is 7.12 Å². The Morgan fingerprint density at radius 3 is 2.35 bits per heavy atom. The molecule has 17 heavy (non-hydrogen) atoms. The molecular weight excluding hydrogens is 215 g/mol. The Kier molecular flexibility index (Phi) is 4.94. The number of rotatable bonds is 2. The predicted molar refractivity (Wildman–Crippen MR) is 72.5 cm³/mol. The summed E-state index contributed by atoms with van der Waals surface area (Å²) in [7, 11) is 0.341. The van der Waals surface area contributed by atoms with Crippen LogP contribution in [0.1, 0.15) is 13.8 Å². The number of fused-ring (bicyclic) bond motifs is 1. The van der Waals surface area contributed by atoms with Gasteiger partial charge in [-0.05, 0) is 23.7 Å². The van der Waals surface area contributed by atoms with E-state index in [2.05, 4.69) is 10.3 Å². The van der Waals surface area contributed by atoms with Gasteiger partial charge in [0.2, 0.25) is 0 Å². The summed E-state index contributed by atoms with van der Waals surface area (Å²) < 4.78 is 0. The lowest BCUT2D eigenvalue weighted by atomic mass is 9.80. The first-order valence-electron chi connectivity index (χ1n) is 5.65. The third-order valence-corrected chi connectivity index (χ3v) is 2.27. The van der Waals surface area contributed by atoms with Crippen LogP contribution in [0.25, 0.3) is 10.9 Å². The van der Waals surface area contributed by atoms with E-state index in [9.17, 15) is 0 Å². The maximum absolute atomic E-state index is 9.02. The molecule has 0 spiro atoms. The molecule has 0 bridgehead atoms. The number of hydrogen-bond acceptors (Lipinski definition) is 4. The summed E-state index contributed by atoms with van der Waals surface area (Å²) in [4.78, 5) is 4.30. The summed E-state index contributed by atoms with van der Waals surface area (Å²) >= 11 is 0. The van der Waals surface area contributed by atoms with Gasteiger partial charge in [-0.1, -0.05) is 26.0 Å². The summed E-state index contributed by atoms with van der Waals surface area (Å²) in [5.41, 5.74) is 1.19. The first-order valence-corrected chi connectivity index (χ1v) is 5.65. The van der Waals surface area contributed by atoms with E-state index in [1.165, 1.54) is 0 Å². The minimum Gasteiger partial charge on any atom is -0.423 e. The Morgan fingerprint density at radius 2 is 1.76 bits per heavy atom. The molecule has 1 heterocycles. The highest BCUT2D eigenvalue weighted by molar-refractivity contribution is 6.58. The molecule has 4 nitrogen and oxygen atoms in total. The molecule has 1 aromatic carbocycles. The Balaban J connectivity index is 0.000000686. The van der Waals surface area contributed by atoms with Crippen LogP contribution in [0.3, 0.4) is 0 Å². The second-order valence-corrected chi connectivity index (χ2v) is 3.27. The monoisotopic (exact) mass is 232 g/mol. The molecule has 1 aromatic heterocycles. The summed E-state index contributed by atoms with van der Waals surface area (Å²) in [6.45, 7) is 4.00. The highest BCUT2D eigenvalue weighted by Gasteiger charge is 2.11. The summed E-state index contributed by atoms with van der Waals surface area (Å²) in [6.07, 6.45) is 0. The van der Waals surface area contributed by atoms with Crippen LogP contribution in [0.15, 0.2) is 30.3 Å². The minimum atomic E-state index is -1.45. The highest BCUT2D eigenvalue weighted by atomic mass is 16.4. The van der Waals surface area contributed by atoms with Crippen molar-refractivity contribution in [3.05, 3.63) is 30.3 Å². The van der Waals surface area contributed by atoms with Crippen LogP contribution in [0.5, 0.6) is 0 Å². The van der Waals surface area contributed by atoms with Crippen molar-refractivity contribution >= 4 is 29.3 Å². The molecule has 0 fully saturated rings. The van der Waals surface area contributed by atoms with Gasteiger partial charge in [-0.15, -0.1) is 0 Å². The van der Waals surface area contributed by atoms with E-state index in [0.29, 0.717) is 5.46 Å². The van der Waals surface area contributed by atoms with Gasteiger partial charge in [0.15, 0.2) is 0 Å². The molecule has 0 aliphatic rings. The second kappa shape index (κ2) is 6.22. The van der Waals surface area contributed by atoms with Crippen molar-refractivity contribution in [1.29, 1.82) is 0 Å². The molecule has 0 unspecified atom stereocenters. The highest BCUT2D eigenvalue weighted by Crippen LogP contribution is 2.13. The first-order chi connectivity index (χ1) is 8.20. The number of anilines is 1. The quantitative estimate of drug-likeness (QED) is 0.675. The standard InChI is InChI=1S/C10H11BN2O2.C2H6/c1-12-10-5-3-7-2-4-8(11(14)15)6-9(7)13-10;1-2/h2-6,14-15H,1H3,(H,12,13);1-2H3. The van der Waals surface area contributed by atoms with Crippen LogP contribution in [0.4, 0.5) is 5.82 Å². The maximum atomic E-state index is 9.02. The van der Waals surface area contributed by atoms with Crippen molar-refractivity contribution in [2.24, 2.45) is 0 Å². The fraction of sp³-hybridized carbons (Fsp3) is 0.250. The number of benzene rings is 1. The molecule has 0 aliphatic carbocycles. The van der Waals surface area contributed by atoms with Crippen molar-refractivity contribution in [2.75, 3.05) is 12.4 Å². The van der Waals surface area contributed by atoms with Crippen LogP contribution in [0.2, 0.25) is 0 Å². The SMILES string of the molecule is CC.CNc1ccc2ccc(B(O)O)cc2n1. The maximum Gasteiger partial charge on any atom is 0.488 e. The lowest BCUT2D eigenvalue weighted by Crippen LogP contribution is -2.29. The Bertz CT molecular complexity index is 489. The van der Waals surface area contributed by atoms with E-state index in [1.807, 2.05) is 32.0 Å². The molecular formula is C12H17BN2O2. The van der Waals surface area contributed by atoms with Gasteiger partial charge in [0.25, 0.3) is 0 Å². The van der Waals surface area contributed by atoms with Crippen molar-refractivity contribution in [1.82, 2.24) is 4.98 Å². The topological polar surface area (TPSA) is 65.4 Å². The molecule has 3 N–H and O–H groups in total. The zero-order chi connectivity index (χ0) is 12.8. The lowest BCUT2D eigenvalue weighted by Gasteiger charge is -2.04. The van der Waals surface area contributed by atoms with E-state index < -0.39 is 7.12 Å². The van der Waals surface area contributed by atoms with E-state index in [1.54, 1.807) is 19.2 Å².